The molecule has 7 nitrogen and oxygen atoms in total. The van der Waals surface area contributed by atoms with Crippen molar-refractivity contribution in [3.63, 3.8) is 0 Å². The van der Waals surface area contributed by atoms with Crippen LogP contribution in [0.4, 0.5) is 21.7 Å². The molecular weight excluding hydrogens is 479 g/mol. The quantitative estimate of drug-likeness (QED) is 0.306. The highest BCUT2D eigenvalue weighted by molar-refractivity contribution is 6.07. The van der Waals surface area contributed by atoms with E-state index in [0.29, 0.717) is 11.6 Å². The molecule has 1 amide bonds. The van der Waals surface area contributed by atoms with Gasteiger partial charge in [0.2, 0.25) is 5.95 Å². The van der Waals surface area contributed by atoms with Gasteiger partial charge in [-0.1, -0.05) is 18.2 Å². The summed E-state index contributed by atoms with van der Waals surface area (Å²) in [6, 6.07) is 16.5. The van der Waals surface area contributed by atoms with Gasteiger partial charge >= 0.3 is 0 Å². The van der Waals surface area contributed by atoms with Crippen LogP contribution < -0.4 is 16.0 Å². The summed E-state index contributed by atoms with van der Waals surface area (Å²) in [5, 5.41) is 3.83. The highest BCUT2D eigenvalue weighted by Crippen LogP contribution is 2.42. The lowest BCUT2D eigenvalue weighted by Crippen LogP contribution is -2.25. The Kier molecular flexibility index (Phi) is 7.24. The number of fused-ring (bicyclic) bond motifs is 1. The van der Waals surface area contributed by atoms with Crippen molar-refractivity contribution in [2.24, 2.45) is 0 Å². The molecule has 5 rings (SSSR count). The number of amides is 1. The van der Waals surface area contributed by atoms with Gasteiger partial charge in [-0.2, -0.15) is 0 Å². The molecule has 0 saturated heterocycles. The minimum absolute atomic E-state index is 0.00538. The van der Waals surface area contributed by atoms with E-state index in [-0.39, 0.29) is 11.5 Å². The van der Waals surface area contributed by atoms with Gasteiger partial charge in [0.25, 0.3) is 5.91 Å². The first kappa shape index (κ1) is 25.6. The molecule has 196 valence electrons. The van der Waals surface area contributed by atoms with Gasteiger partial charge in [0, 0.05) is 25.2 Å². The molecule has 0 bridgehead atoms. The number of benzene rings is 3. The average Bonchev–Trinajstić information content (AvgIpc) is 3.74. The SMILES string of the molecule is CN(C)CCCN(C)c1ccc(C2CC2)cc1NC(=O)c1cc(-c2ccc3nc(N)ncc3c2)ccc1F. The van der Waals surface area contributed by atoms with Gasteiger partial charge in [-0.3, -0.25) is 4.79 Å². The normalized spacial score (nSPS) is 13.2. The number of rotatable bonds is 9. The number of nitrogens with two attached hydrogens (primary N) is 1. The Morgan fingerprint density at radius 3 is 2.55 bits per heavy atom. The Bertz CT molecular complexity index is 1480. The molecule has 0 radical (unpaired) electrons. The smallest absolute Gasteiger partial charge is 0.258 e. The van der Waals surface area contributed by atoms with Crippen LogP contribution in [0.1, 0.15) is 41.1 Å². The van der Waals surface area contributed by atoms with Crippen LogP contribution >= 0.6 is 0 Å². The van der Waals surface area contributed by atoms with E-state index < -0.39 is 11.7 Å². The third-order valence-corrected chi connectivity index (χ3v) is 6.97. The molecular formula is C30H33FN6O. The molecule has 1 aromatic heterocycles. The molecule has 0 atom stereocenters. The van der Waals surface area contributed by atoms with E-state index >= 15 is 0 Å². The van der Waals surface area contributed by atoms with Gasteiger partial charge in [0.1, 0.15) is 5.82 Å². The van der Waals surface area contributed by atoms with Crippen LogP contribution in [-0.2, 0) is 0 Å². The molecule has 1 saturated carbocycles. The molecule has 0 spiro atoms. The first-order valence-electron chi connectivity index (χ1n) is 12.9. The molecule has 0 aliphatic heterocycles. The molecule has 3 aromatic carbocycles. The fourth-order valence-electron chi connectivity index (χ4n) is 4.70. The van der Waals surface area contributed by atoms with Crippen molar-refractivity contribution < 1.29 is 9.18 Å². The molecule has 1 heterocycles. The first-order chi connectivity index (χ1) is 18.3. The Labute approximate surface area is 222 Å². The van der Waals surface area contributed by atoms with Gasteiger partial charge in [0.05, 0.1) is 22.5 Å². The predicted octanol–water partition coefficient (Wildman–Crippen LogP) is 5.54. The number of anilines is 3. The number of carbonyl (C=O) groups is 1. The maximum atomic E-state index is 14.9. The standard InChI is InChI=1S/C30H33FN6O/c1-36(2)13-4-14-37(3)28-12-9-22(19-5-6-19)17-27(28)34-29(38)24-16-21(7-10-25(24)31)20-8-11-26-23(15-20)18-33-30(32)35-26/h7-12,15-19H,4-6,13-14H2,1-3H3,(H,34,38)(H2,32,33,35). The van der Waals surface area contributed by atoms with Crippen LogP contribution in [0.25, 0.3) is 22.0 Å². The summed E-state index contributed by atoms with van der Waals surface area (Å²) in [6.45, 7) is 1.81. The number of nitrogens with one attached hydrogen (secondary N) is 1. The Morgan fingerprint density at radius 1 is 1.03 bits per heavy atom. The van der Waals surface area contributed by atoms with Gasteiger partial charge in [-0.15, -0.1) is 0 Å². The summed E-state index contributed by atoms with van der Waals surface area (Å²) in [6.07, 6.45) is 4.96. The summed E-state index contributed by atoms with van der Waals surface area (Å²) >= 11 is 0. The van der Waals surface area contributed by atoms with Gasteiger partial charge < -0.3 is 20.9 Å². The zero-order valence-electron chi connectivity index (χ0n) is 22.0. The molecule has 3 N–H and O–H groups in total. The van der Waals surface area contributed by atoms with Crippen LogP contribution in [0.15, 0.2) is 60.8 Å². The molecule has 1 aliphatic rings. The highest BCUT2D eigenvalue weighted by atomic mass is 19.1. The number of carbonyl (C=O) groups excluding carboxylic acids is 1. The Morgan fingerprint density at radius 2 is 1.79 bits per heavy atom. The fourth-order valence-corrected chi connectivity index (χ4v) is 4.70. The van der Waals surface area contributed by atoms with Crippen molar-refractivity contribution in [1.29, 1.82) is 0 Å². The summed E-state index contributed by atoms with van der Waals surface area (Å²) in [4.78, 5) is 26.0. The average molecular weight is 513 g/mol. The minimum atomic E-state index is -0.567. The number of aromatic nitrogens is 2. The number of hydrogen-bond donors (Lipinski definition) is 2. The lowest BCUT2D eigenvalue weighted by molar-refractivity contribution is 0.102. The maximum absolute atomic E-state index is 14.9. The largest absolute Gasteiger partial charge is 0.373 e. The number of hydrogen-bond acceptors (Lipinski definition) is 6. The molecule has 0 unspecified atom stereocenters. The summed E-state index contributed by atoms with van der Waals surface area (Å²) in [5.41, 5.74) is 10.8. The van der Waals surface area contributed by atoms with Crippen molar-refractivity contribution in [3.05, 3.63) is 77.7 Å². The van der Waals surface area contributed by atoms with E-state index in [4.69, 9.17) is 5.73 Å². The van der Waals surface area contributed by atoms with Crippen molar-refractivity contribution in [2.75, 3.05) is 50.2 Å². The van der Waals surface area contributed by atoms with E-state index in [9.17, 15) is 9.18 Å². The lowest BCUT2D eigenvalue weighted by Gasteiger charge is -2.24. The second-order valence-corrected chi connectivity index (χ2v) is 10.3. The van der Waals surface area contributed by atoms with Gasteiger partial charge in [-0.25, -0.2) is 14.4 Å². The van der Waals surface area contributed by atoms with Crippen molar-refractivity contribution >= 4 is 34.1 Å². The van der Waals surface area contributed by atoms with Crippen LogP contribution in [-0.4, -0.2) is 55.0 Å². The second-order valence-electron chi connectivity index (χ2n) is 10.3. The Balaban J connectivity index is 1.42. The summed E-state index contributed by atoms with van der Waals surface area (Å²) < 4.78 is 14.9. The second kappa shape index (κ2) is 10.8. The number of halogens is 1. The number of nitrogens with zero attached hydrogens (tertiary/aromatic N) is 4. The van der Waals surface area contributed by atoms with E-state index in [0.717, 1.165) is 60.1 Å². The van der Waals surface area contributed by atoms with Crippen LogP contribution in [0, 0.1) is 5.82 Å². The van der Waals surface area contributed by atoms with Gasteiger partial charge in [-0.05, 0) is 98.9 Å². The topological polar surface area (TPSA) is 87.4 Å². The monoisotopic (exact) mass is 512 g/mol. The third kappa shape index (κ3) is 5.75. The van der Waals surface area contributed by atoms with Crippen LogP contribution in [0.3, 0.4) is 0 Å². The molecule has 8 heteroatoms. The van der Waals surface area contributed by atoms with E-state index in [1.165, 1.54) is 11.6 Å². The maximum Gasteiger partial charge on any atom is 0.258 e. The molecule has 1 fully saturated rings. The first-order valence-corrected chi connectivity index (χ1v) is 12.9. The van der Waals surface area contributed by atoms with E-state index in [1.54, 1.807) is 18.3 Å². The number of nitrogen functional groups attached to an aromatic ring is 1. The van der Waals surface area contributed by atoms with E-state index in [1.807, 2.05) is 31.3 Å². The zero-order chi connectivity index (χ0) is 26.8. The van der Waals surface area contributed by atoms with Crippen LogP contribution in [0.5, 0.6) is 0 Å². The molecule has 4 aromatic rings. The predicted molar refractivity (Wildman–Crippen MR) is 152 cm³/mol. The van der Waals surface area contributed by atoms with E-state index in [2.05, 4.69) is 51.3 Å². The summed E-state index contributed by atoms with van der Waals surface area (Å²) in [5.74, 6) is -0.301. The van der Waals surface area contributed by atoms with Crippen LogP contribution in [0.2, 0.25) is 0 Å². The highest BCUT2D eigenvalue weighted by Gasteiger charge is 2.25. The molecule has 1 aliphatic carbocycles. The lowest BCUT2D eigenvalue weighted by atomic mass is 10.0. The summed E-state index contributed by atoms with van der Waals surface area (Å²) in [7, 11) is 6.14. The van der Waals surface area contributed by atoms with Crippen molar-refractivity contribution in [2.45, 2.75) is 25.2 Å². The Hall–Kier alpha value is -4.04. The zero-order valence-corrected chi connectivity index (χ0v) is 22.0. The minimum Gasteiger partial charge on any atom is -0.373 e. The fraction of sp³-hybridized carbons (Fsp3) is 0.300. The van der Waals surface area contributed by atoms with Gasteiger partial charge in [0.15, 0.2) is 0 Å². The van der Waals surface area contributed by atoms with Crippen molar-refractivity contribution in [3.8, 4) is 11.1 Å². The third-order valence-electron chi connectivity index (χ3n) is 6.97. The van der Waals surface area contributed by atoms with Crippen molar-refractivity contribution in [1.82, 2.24) is 14.9 Å². The molecule has 38 heavy (non-hydrogen) atoms.